The van der Waals surface area contributed by atoms with Crippen LogP contribution in [0.4, 0.5) is 0 Å². The van der Waals surface area contributed by atoms with E-state index < -0.39 is 0 Å². The highest BCUT2D eigenvalue weighted by Gasteiger charge is 2.51. The lowest BCUT2D eigenvalue weighted by atomic mass is 9.72. The van der Waals surface area contributed by atoms with Gasteiger partial charge in [-0.15, -0.1) is 21.5 Å². The molecule has 2 aliphatic heterocycles. The zero-order chi connectivity index (χ0) is 19.8. The van der Waals surface area contributed by atoms with Crippen LogP contribution in [0.25, 0.3) is 11.5 Å². The summed E-state index contributed by atoms with van der Waals surface area (Å²) in [5.41, 5.74) is 0.718. The molecule has 0 aliphatic carbocycles. The van der Waals surface area contributed by atoms with Gasteiger partial charge in [0, 0.05) is 49.7 Å². The Morgan fingerprint density at radius 1 is 1.17 bits per heavy atom. The molecule has 150 valence electrons. The monoisotopic (exact) mass is 430 g/mol. The van der Waals surface area contributed by atoms with Crippen LogP contribution in [0.5, 0.6) is 0 Å². The third-order valence-electron chi connectivity index (χ3n) is 5.87. The molecule has 3 aromatic rings. The molecule has 29 heavy (non-hydrogen) atoms. The first-order valence-electron chi connectivity index (χ1n) is 9.51. The number of thiophene rings is 1. The van der Waals surface area contributed by atoms with Gasteiger partial charge in [-0.05, 0) is 37.1 Å². The molecule has 1 amide bonds. The number of nitrogens with zero attached hydrogens (tertiary/aromatic N) is 4. The van der Waals surface area contributed by atoms with Crippen molar-refractivity contribution >= 4 is 28.8 Å². The number of aromatic nitrogens is 3. The van der Waals surface area contributed by atoms with E-state index in [9.17, 15) is 4.79 Å². The van der Waals surface area contributed by atoms with E-state index in [1.54, 1.807) is 24.5 Å². The first-order valence-corrected chi connectivity index (χ1v) is 10.7. The van der Waals surface area contributed by atoms with Crippen molar-refractivity contribution in [1.82, 2.24) is 20.1 Å². The van der Waals surface area contributed by atoms with Crippen molar-refractivity contribution in [2.45, 2.75) is 18.8 Å². The average Bonchev–Trinajstić information content (AvgIpc) is 3.48. The maximum Gasteiger partial charge on any atom is 0.264 e. The number of likely N-dealkylation sites (tertiary alicyclic amines) is 1. The Bertz CT molecular complexity index is 1020. The molecule has 7 nitrogen and oxygen atoms in total. The molecular formula is C20H19ClN4O3S. The van der Waals surface area contributed by atoms with Crippen LogP contribution in [0, 0.1) is 5.41 Å². The first-order chi connectivity index (χ1) is 14.1. The quantitative estimate of drug-likeness (QED) is 0.627. The molecule has 2 saturated heterocycles. The predicted molar refractivity (Wildman–Crippen MR) is 108 cm³/mol. The summed E-state index contributed by atoms with van der Waals surface area (Å²) in [6.45, 7) is 2.55. The van der Waals surface area contributed by atoms with Crippen molar-refractivity contribution < 1.29 is 13.9 Å². The molecule has 3 aromatic heterocycles. The van der Waals surface area contributed by atoms with E-state index in [4.69, 9.17) is 20.8 Å². The topological polar surface area (TPSA) is 81.4 Å². The van der Waals surface area contributed by atoms with Crippen LogP contribution in [-0.4, -0.2) is 52.3 Å². The van der Waals surface area contributed by atoms with Gasteiger partial charge in [0.05, 0.1) is 15.1 Å². The summed E-state index contributed by atoms with van der Waals surface area (Å²) in [4.78, 5) is 19.6. The SMILES string of the molecule is O=C(c1ccc(Cl)s1)N1CC(c2nnc(-c3ccncc3)o2)C2(CCOCC2)C1. The van der Waals surface area contributed by atoms with Gasteiger partial charge in [-0.1, -0.05) is 11.6 Å². The van der Waals surface area contributed by atoms with Crippen molar-refractivity contribution in [3.63, 3.8) is 0 Å². The lowest BCUT2D eigenvalue weighted by Crippen LogP contribution is -2.37. The van der Waals surface area contributed by atoms with Crippen LogP contribution in [0.1, 0.15) is 34.3 Å². The highest BCUT2D eigenvalue weighted by Crippen LogP contribution is 2.49. The standard InChI is InChI=1S/C20H19ClN4O3S/c21-16-2-1-15(29-16)19(26)25-11-14(20(12-25)5-9-27-10-6-20)18-24-23-17(28-18)13-3-7-22-8-4-13/h1-4,7-8,14H,5-6,9-12H2. The fourth-order valence-corrected chi connectivity index (χ4v) is 5.33. The van der Waals surface area contributed by atoms with Crippen LogP contribution in [0.2, 0.25) is 4.34 Å². The average molecular weight is 431 g/mol. The number of carbonyl (C=O) groups excluding carboxylic acids is 1. The number of carbonyl (C=O) groups is 1. The van der Waals surface area contributed by atoms with Gasteiger partial charge in [0.1, 0.15) is 0 Å². The maximum atomic E-state index is 13.1. The Hall–Kier alpha value is -2.29. The van der Waals surface area contributed by atoms with Crippen LogP contribution >= 0.6 is 22.9 Å². The Kier molecular flexibility index (Phi) is 4.85. The number of ether oxygens (including phenoxy) is 1. The minimum atomic E-state index is -0.114. The van der Waals surface area contributed by atoms with E-state index >= 15 is 0 Å². The van der Waals surface area contributed by atoms with Crippen LogP contribution < -0.4 is 0 Å². The van der Waals surface area contributed by atoms with E-state index in [1.807, 2.05) is 17.0 Å². The number of hydrogen-bond donors (Lipinski definition) is 0. The van der Waals surface area contributed by atoms with Gasteiger partial charge in [0.2, 0.25) is 11.8 Å². The normalized spacial score (nSPS) is 21.0. The number of pyridine rings is 1. The van der Waals surface area contributed by atoms with Gasteiger partial charge < -0.3 is 14.1 Å². The molecule has 9 heteroatoms. The highest BCUT2D eigenvalue weighted by molar-refractivity contribution is 7.17. The summed E-state index contributed by atoms with van der Waals surface area (Å²) in [5, 5.41) is 8.61. The van der Waals surface area contributed by atoms with Crippen molar-refractivity contribution in [2.24, 2.45) is 5.41 Å². The molecule has 1 spiro atoms. The molecule has 5 heterocycles. The first kappa shape index (κ1) is 18.7. The molecule has 0 radical (unpaired) electrons. The lowest BCUT2D eigenvalue weighted by Gasteiger charge is -2.36. The van der Waals surface area contributed by atoms with Crippen LogP contribution in [-0.2, 0) is 4.74 Å². The molecule has 0 N–H and O–H groups in total. The molecule has 5 rings (SSSR count). The fraction of sp³-hybridized carbons (Fsp3) is 0.400. The second kappa shape index (κ2) is 7.51. The Morgan fingerprint density at radius 2 is 1.97 bits per heavy atom. The number of amides is 1. The second-order valence-corrected chi connectivity index (χ2v) is 9.21. The maximum absolute atomic E-state index is 13.1. The number of hydrogen-bond acceptors (Lipinski definition) is 7. The summed E-state index contributed by atoms with van der Waals surface area (Å²) >= 11 is 7.34. The van der Waals surface area contributed by atoms with Crippen molar-refractivity contribution in [1.29, 1.82) is 0 Å². The highest BCUT2D eigenvalue weighted by atomic mass is 35.5. The molecule has 1 unspecified atom stereocenters. The Labute approximate surface area is 176 Å². The van der Waals surface area contributed by atoms with E-state index in [1.165, 1.54) is 11.3 Å². The Morgan fingerprint density at radius 3 is 2.69 bits per heavy atom. The predicted octanol–water partition coefficient (Wildman–Crippen LogP) is 3.88. The second-order valence-electron chi connectivity index (χ2n) is 7.50. The summed E-state index contributed by atoms with van der Waals surface area (Å²) in [7, 11) is 0. The largest absolute Gasteiger partial charge is 0.420 e. The van der Waals surface area contributed by atoms with Gasteiger partial charge in [0.25, 0.3) is 5.91 Å². The van der Waals surface area contributed by atoms with Gasteiger partial charge >= 0.3 is 0 Å². The van der Waals surface area contributed by atoms with Crippen LogP contribution in [0.3, 0.4) is 0 Å². The number of rotatable bonds is 3. The Balaban J connectivity index is 1.45. The summed E-state index contributed by atoms with van der Waals surface area (Å²) in [6.07, 6.45) is 5.11. The van der Waals surface area contributed by atoms with E-state index in [2.05, 4.69) is 15.2 Å². The third-order valence-corrected chi connectivity index (χ3v) is 7.09. The minimum Gasteiger partial charge on any atom is -0.420 e. The van der Waals surface area contributed by atoms with Crippen molar-refractivity contribution in [3.8, 4) is 11.5 Å². The van der Waals surface area contributed by atoms with Gasteiger partial charge in [-0.2, -0.15) is 0 Å². The molecule has 1 atom stereocenters. The zero-order valence-corrected chi connectivity index (χ0v) is 17.2. The minimum absolute atomic E-state index is 0.00383. The van der Waals surface area contributed by atoms with E-state index in [0.717, 1.165) is 18.4 Å². The third kappa shape index (κ3) is 3.45. The fourth-order valence-electron chi connectivity index (χ4n) is 4.32. The summed E-state index contributed by atoms with van der Waals surface area (Å²) in [6, 6.07) is 7.23. The zero-order valence-electron chi connectivity index (χ0n) is 15.6. The molecule has 2 fully saturated rings. The molecule has 2 aliphatic rings. The van der Waals surface area contributed by atoms with E-state index in [0.29, 0.717) is 47.3 Å². The van der Waals surface area contributed by atoms with Gasteiger partial charge in [-0.25, -0.2) is 0 Å². The van der Waals surface area contributed by atoms with Crippen molar-refractivity contribution in [3.05, 3.63) is 51.8 Å². The van der Waals surface area contributed by atoms with Crippen molar-refractivity contribution in [2.75, 3.05) is 26.3 Å². The van der Waals surface area contributed by atoms with E-state index in [-0.39, 0.29) is 17.2 Å². The smallest absolute Gasteiger partial charge is 0.264 e. The number of halogens is 1. The lowest BCUT2D eigenvalue weighted by molar-refractivity contribution is 0.00911. The van der Waals surface area contributed by atoms with Crippen LogP contribution in [0.15, 0.2) is 41.1 Å². The van der Waals surface area contributed by atoms with Gasteiger partial charge in [-0.3, -0.25) is 9.78 Å². The molecular weight excluding hydrogens is 412 g/mol. The van der Waals surface area contributed by atoms with Gasteiger partial charge in [0.15, 0.2) is 0 Å². The summed E-state index contributed by atoms with van der Waals surface area (Å²) in [5.74, 6) is 1.04. The molecule has 0 bridgehead atoms. The molecule has 0 aromatic carbocycles. The summed E-state index contributed by atoms with van der Waals surface area (Å²) < 4.78 is 12.3. The molecule has 0 saturated carbocycles.